The van der Waals surface area contributed by atoms with Crippen LogP contribution in [0.4, 0.5) is 0 Å². The zero-order valence-electron chi connectivity index (χ0n) is 11.2. The average Bonchev–Trinajstić information content (AvgIpc) is 2.39. The van der Waals surface area contributed by atoms with Gasteiger partial charge in [0.2, 0.25) is 0 Å². The van der Waals surface area contributed by atoms with E-state index in [1.165, 1.54) is 11.1 Å². The van der Waals surface area contributed by atoms with Crippen LogP contribution in [0.5, 0.6) is 11.5 Å². The number of ether oxygens (including phenoxy) is 2. The highest BCUT2D eigenvalue weighted by molar-refractivity contribution is 5.50. The van der Waals surface area contributed by atoms with Crippen LogP contribution in [0.15, 0.2) is 12.1 Å². The Morgan fingerprint density at radius 2 is 1.59 bits per heavy atom. The molecule has 3 heteroatoms. The zero-order valence-corrected chi connectivity index (χ0v) is 11.2. The van der Waals surface area contributed by atoms with Crippen molar-refractivity contribution in [2.45, 2.75) is 39.2 Å². The van der Waals surface area contributed by atoms with E-state index in [4.69, 9.17) is 15.2 Å². The first-order valence-electron chi connectivity index (χ1n) is 6.24. The summed E-state index contributed by atoms with van der Waals surface area (Å²) in [7, 11) is 3.40. The number of methoxy groups -OCH3 is 2. The SMILES string of the molecule is CC.COc1ccc(OC)c2c1CCC(N)C2. The molecule has 1 aromatic rings. The molecule has 2 N–H and O–H groups in total. The van der Waals surface area contributed by atoms with Crippen molar-refractivity contribution in [1.82, 2.24) is 0 Å². The van der Waals surface area contributed by atoms with Crippen LogP contribution in [-0.4, -0.2) is 20.3 Å². The molecular formula is C14H23NO2. The van der Waals surface area contributed by atoms with E-state index in [-0.39, 0.29) is 6.04 Å². The highest BCUT2D eigenvalue weighted by Crippen LogP contribution is 2.35. The largest absolute Gasteiger partial charge is 0.496 e. The van der Waals surface area contributed by atoms with Crippen LogP contribution in [0.25, 0.3) is 0 Å². The minimum atomic E-state index is 0.249. The first kappa shape index (κ1) is 13.8. The van der Waals surface area contributed by atoms with Crippen LogP contribution >= 0.6 is 0 Å². The van der Waals surface area contributed by atoms with E-state index in [0.717, 1.165) is 30.8 Å². The molecule has 1 atom stereocenters. The fraction of sp³-hybridized carbons (Fsp3) is 0.571. The van der Waals surface area contributed by atoms with Crippen molar-refractivity contribution >= 4 is 0 Å². The van der Waals surface area contributed by atoms with Crippen LogP contribution in [0.3, 0.4) is 0 Å². The molecule has 0 radical (unpaired) electrons. The Labute approximate surface area is 104 Å². The second-order valence-electron chi connectivity index (χ2n) is 3.93. The molecule has 1 aliphatic rings. The van der Waals surface area contributed by atoms with Gasteiger partial charge in [0.25, 0.3) is 0 Å². The van der Waals surface area contributed by atoms with E-state index in [1.54, 1.807) is 14.2 Å². The molecule has 17 heavy (non-hydrogen) atoms. The Hall–Kier alpha value is -1.22. The summed E-state index contributed by atoms with van der Waals surface area (Å²) < 4.78 is 10.7. The summed E-state index contributed by atoms with van der Waals surface area (Å²) in [6, 6.07) is 4.17. The molecule has 0 amide bonds. The average molecular weight is 237 g/mol. The Bertz CT molecular complexity index is 363. The number of rotatable bonds is 2. The van der Waals surface area contributed by atoms with Crippen LogP contribution in [0, 0.1) is 0 Å². The third-order valence-corrected chi connectivity index (χ3v) is 3.02. The molecule has 96 valence electrons. The quantitative estimate of drug-likeness (QED) is 0.859. The maximum absolute atomic E-state index is 5.97. The third kappa shape index (κ3) is 2.91. The molecule has 0 heterocycles. The van der Waals surface area contributed by atoms with Crippen molar-refractivity contribution in [3.8, 4) is 11.5 Å². The molecule has 1 aromatic carbocycles. The third-order valence-electron chi connectivity index (χ3n) is 3.02. The second-order valence-corrected chi connectivity index (χ2v) is 3.93. The number of fused-ring (bicyclic) bond motifs is 1. The molecule has 0 fully saturated rings. The smallest absolute Gasteiger partial charge is 0.122 e. The molecule has 1 aliphatic carbocycles. The minimum absolute atomic E-state index is 0.249. The van der Waals surface area contributed by atoms with Crippen molar-refractivity contribution in [2.24, 2.45) is 5.73 Å². The minimum Gasteiger partial charge on any atom is -0.496 e. The molecule has 0 aliphatic heterocycles. The Balaban J connectivity index is 0.000000686. The van der Waals surface area contributed by atoms with Crippen molar-refractivity contribution in [2.75, 3.05) is 14.2 Å². The van der Waals surface area contributed by atoms with E-state index < -0.39 is 0 Å². The monoisotopic (exact) mass is 237 g/mol. The fourth-order valence-electron chi connectivity index (χ4n) is 2.22. The van der Waals surface area contributed by atoms with E-state index >= 15 is 0 Å². The first-order chi connectivity index (χ1) is 8.26. The molecule has 1 unspecified atom stereocenters. The lowest BCUT2D eigenvalue weighted by molar-refractivity contribution is 0.385. The van der Waals surface area contributed by atoms with Crippen LogP contribution < -0.4 is 15.2 Å². The second kappa shape index (κ2) is 6.50. The van der Waals surface area contributed by atoms with Crippen molar-refractivity contribution < 1.29 is 9.47 Å². The van der Waals surface area contributed by atoms with Gasteiger partial charge in [0.05, 0.1) is 14.2 Å². The van der Waals surface area contributed by atoms with Gasteiger partial charge in [0.1, 0.15) is 11.5 Å². The van der Waals surface area contributed by atoms with Gasteiger partial charge in [-0.05, 0) is 31.4 Å². The van der Waals surface area contributed by atoms with Crippen LogP contribution in [0.2, 0.25) is 0 Å². The van der Waals surface area contributed by atoms with Gasteiger partial charge in [-0.25, -0.2) is 0 Å². The van der Waals surface area contributed by atoms with Gasteiger partial charge in [-0.2, -0.15) is 0 Å². The van der Waals surface area contributed by atoms with E-state index in [0.29, 0.717) is 0 Å². The zero-order chi connectivity index (χ0) is 12.8. The molecule has 3 nitrogen and oxygen atoms in total. The first-order valence-corrected chi connectivity index (χ1v) is 6.24. The standard InChI is InChI=1S/C12H17NO2.C2H6/c1-14-11-5-6-12(15-2)10-7-8(13)3-4-9(10)11;1-2/h5-6,8H,3-4,7,13H2,1-2H3;1-2H3. The van der Waals surface area contributed by atoms with Gasteiger partial charge in [-0.3, -0.25) is 0 Å². The molecule has 0 aromatic heterocycles. The molecule has 0 saturated carbocycles. The lowest BCUT2D eigenvalue weighted by atomic mass is 9.87. The summed E-state index contributed by atoms with van der Waals surface area (Å²) in [6.07, 6.45) is 2.89. The lowest BCUT2D eigenvalue weighted by Gasteiger charge is -2.25. The predicted octanol–water partition coefficient (Wildman–Crippen LogP) is 2.55. The summed E-state index contributed by atoms with van der Waals surface area (Å²) >= 11 is 0. The Morgan fingerprint density at radius 1 is 1.06 bits per heavy atom. The lowest BCUT2D eigenvalue weighted by Crippen LogP contribution is -2.28. The van der Waals surface area contributed by atoms with Crippen LogP contribution in [0.1, 0.15) is 31.4 Å². The molecule has 0 spiro atoms. The van der Waals surface area contributed by atoms with Crippen molar-refractivity contribution in [1.29, 1.82) is 0 Å². The van der Waals surface area contributed by atoms with E-state index in [9.17, 15) is 0 Å². The van der Waals surface area contributed by atoms with Gasteiger partial charge in [-0.15, -0.1) is 0 Å². The summed E-state index contributed by atoms with van der Waals surface area (Å²) in [6.45, 7) is 4.00. The van der Waals surface area contributed by atoms with Gasteiger partial charge in [0.15, 0.2) is 0 Å². The topological polar surface area (TPSA) is 44.5 Å². The molecule has 2 rings (SSSR count). The highest BCUT2D eigenvalue weighted by atomic mass is 16.5. The van der Waals surface area contributed by atoms with Gasteiger partial charge in [0, 0.05) is 17.2 Å². The van der Waals surface area contributed by atoms with E-state index in [1.807, 2.05) is 26.0 Å². The van der Waals surface area contributed by atoms with Gasteiger partial charge < -0.3 is 15.2 Å². The van der Waals surface area contributed by atoms with Crippen LogP contribution in [-0.2, 0) is 12.8 Å². The van der Waals surface area contributed by atoms with Crippen molar-refractivity contribution in [3.63, 3.8) is 0 Å². The Morgan fingerprint density at radius 3 is 2.12 bits per heavy atom. The summed E-state index contributed by atoms with van der Waals surface area (Å²) in [5.41, 5.74) is 8.45. The van der Waals surface area contributed by atoms with Gasteiger partial charge >= 0.3 is 0 Å². The summed E-state index contributed by atoms with van der Waals surface area (Å²) in [5, 5.41) is 0. The maximum Gasteiger partial charge on any atom is 0.122 e. The molecule has 0 saturated heterocycles. The van der Waals surface area contributed by atoms with E-state index in [2.05, 4.69) is 0 Å². The Kier molecular flexibility index (Phi) is 5.29. The number of hydrogen-bond acceptors (Lipinski definition) is 3. The fourth-order valence-corrected chi connectivity index (χ4v) is 2.22. The number of hydrogen-bond donors (Lipinski definition) is 1. The number of nitrogens with two attached hydrogens (primary N) is 1. The molecule has 0 bridgehead atoms. The van der Waals surface area contributed by atoms with Crippen molar-refractivity contribution in [3.05, 3.63) is 23.3 Å². The summed E-state index contributed by atoms with van der Waals surface area (Å²) in [4.78, 5) is 0. The number of benzene rings is 1. The normalized spacial score (nSPS) is 17.6. The molecular weight excluding hydrogens is 214 g/mol. The summed E-state index contributed by atoms with van der Waals surface area (Å²) in [5.74, 6) is 1.89. The van der Waals surface area contributed by atoms with Gasteiger partial charge in [-0.1, -0.05) is 13.8 Å². The maximum atomic E-state index is 5.97. The predicted molar refractivity (Wildman–Crippen MR) is 70.9 cm³/mol. The highest BCUT2D eigenvalue weighted by Gasteiger charge is 2.22.